The lowest BCUT2D eigenvalue weighted by Crippen LogP contribution is -2.49. The first-order chi connectivity index (χ1) is 9.67. The van der Waals surface area contributed by atoms with Crippen molar-refractivity contribution in [3.63, 3.8) is 0 Å². The molecule has 4 heteroatoms. The number of likely N-dealkylation sites (N-methyl/N-ethyl adjacent to an activating group) is 1. The molecule has 0 aliphatic carbocycles. The predicted octanol–water partition coefficient (Wildman–Crippen LogP) is 1.37. The summed E-state index contributed by atoms with van der Waals surface area (Å²) in [5.74, 6) is 0.824. The van der Waals surface area contributed by atoms with Crippen LogP contribution < -0.4 is 4.74 Å². The fourth-order valence-corrected chi connectivity index (χ4v) is 2.47. The second kappa shape index (κ2) is 7.62. The molecule has 0 bridgehead atoms. The number of aliphatic hydroxyl groups is 1. The Bertz CT molecular complexity index is 386. The number of β-amino-alcohol motifs (C(OH)–C–C–N with tert-alkyl or cyclic N) is 1. The zero-order chi connectivity index (χ0) is 14.4. The first kappa shape index (κ1) is 15.3. The van der Waals surface area contributed by atoms with Gasteiger partial charge in [-0.1, -0.05) is 24.6 Å². The number of rotatable bonds is 6. The molecular weight excluding hydrogens is 252 g/mol. The van der Waals surface area contributed by atoms with E-state index in [0.29, 0.717) is 13.2 Å². The Kier molecular flexibility index (Phi) is 5.83. The first-order valence-corrected chi connectivity index (χ1v) is 7.49. The quantitative estimate of drug-likeness (QED) is 0.852. The summed E-state index contributed by atoms with van der Waals surface area (Å²) in [6.45, 7) is 10.7. The Labute approximate surface area is 122 Å². The van der Waals surface area contributed by atoms with Crippen molar-refractivity contribution in [1.82, 2.24) is 9.80 Å². The lowest BCUT2D eigenvalue weighted by Gasteiger charge is -2.34. The van der Waals surface area contributed by atoms with E-state index < -0.39 is 6.10 Å². The van der Waals surface area contributed by atoms with E-state index in [1.165, 1.54) is 5.56 Å². The van der Waals surface area contributed by atoms with Gasteiger partial charge in [0.15, 0.2) is 0 Å². The van der Waals surface area contributed by atoms with E-state index in [-0.39, 0.29) is 0 Å². The molecular formula is C16H26N2O2. The van der Waals surface area contributed by atoms with Gasteiger partial charge in [-0.3, -0.25) is 4.90 Å². The Morgan fingerprint density at radius 2 is 1.70 bits per heavy atom. The van der Waals surface area contributed by atoms with Gasteiger partial charge in [-0.2, -0.15) is 0 Å². The van der Waals surface area contributed by atoms with E-state index in [2.05, 4.69) is 23.6 Å². The van der Waals surface area contributed by atoms with Crippen molar-refractivity contribution in [1.29, 1.82) is 0 Å². The van der Waals surface area contributed by atoms with Gasteiger partial charge in [0.1, 0.15) is 18.5 Å². The highest BCUT2D eigenvalue weighted by molar-refractivity contribution is 5.26. The van der Waals surface area contributed by atoms with Crippen molar-refractivity contribution in [2.45, 2.75) is 20.0 Å². The Hall–Kier alpha value is -1.10. The summed E-state index contributed by atoms with van der Waals surface area (Å²) < 4.78 is 5.62. The molecule has 1 aliphatic rings. The van der Waals surface area contributed by atoms with Crippen molar-refractivity contribution >= 4 is 0 Å². The van der Waals surface area contributed by atoms with E-state index in [1.54, 1.807) is 0 Å². The molecule has 1 heterocycles. The van der Waals surface area contributed by atoms with Gasteiger partial charge in [-0.15, -0.1) is 0 Å². The van der Waals surface area contributed by atoms with Gasteiger partial charge in [0.2, 0.25) is 0 Å². The Morgan fingerprint density at radius 3 is 2.30 bits per heavy atom. The lowest BCUT2D eigenvalue weighted by atomic mass is 10.2. The second-order valence-electron chi connectivity index (χ2n) is 5.51. The normalized spacial score (nSPS) is 18.9. The maximum absolute atomic E-state index is 10.1. The third-order valence-corrected chi connectivity index (χ3v) is 3.84. The topological polar surface area (TPSA) is 35.9 Å². The molecule has 1 aromatic carbocycles. The summed E-state index contributed by atoms with van der Waals surface area (Å²) >= 11 is 0. The fourth-order valence-electron chi connectivity index (χ4n) is 2.47. The average Bonchev–Trinajstić information content (AvgIpc) is 2.47. The molecule has 0 spiro atoms. The molecule has 2 rings (SSSR count). The summed E-state index contributed by atoms with van der Waals surface area (Å²) in [6.07, 6.45) is -0.426. The van der Waals surface area contributed by atoms with Crippen LogP contribution in [0, 0.1) is 6.92 Å². The molecule has 1 aromatic rings. The zero-order valence-electron chi connectivity index (χ0n) is 12.6. The summed E-state index contributed by atoms with van der Waals surface area (Å²) in [7, 11) is 0. The van der Waals surface area contributed by atoms with Crippen LogP contribution in [0.25, 0.3) is 0 Å². The molecule has 112 valence electrons. The number of ether oxygens (including phenoxy) is 1. The van der Waals surface area contributed by atoms with Gasteiger partial charge in [-0.05, 0) is 25.6 Å². The van der Waals surface area contributed by atoms with Crippen molar-refractivity contribution in [3.8, 4) is 5.75 Å². The van der Waals surface area contributed by atoms with Gasteiger partial charge in [0.25, 0.3) is 0 Å². The smallest absolute Gasteiger partial charge is 0.119 e. The molecule has 1 N–H and O–H groups in total. The van der Waals surface area contributed by atoms with Crippen LogP contribution in [-0.2, 0) is 0 Å². The van der Waals surface area contributed by atoms with Crippen LogP contribution in [-0.4, -0.2) is 66.9 Å². The number of aliphatic hydroxyl groups excluding tert-OH is 1. The number of nitrogens with zero attached hydrogens (tertiary/aromatic N) is 2. The first-order valence-electron chi connectivity index (χ1n) is 7.49. The summed E-state index contributed by atoms with van der Waals surface area (Å²) in [4.78, 5) is 4.75. The van der Waals surface area contributed by atoms with E-state index in [1.807, 2.05) is 24.3 Å². The van der Waals surface area contributed by atoms with Gasteiger partial charge < -0.3 is 14.7 Å². The van der Waals surface area contributed by atoms with E-state index in [0.717, 1.165) is 38.5 Å². The highest BCUT2D eigenvalue weighted by Gasteiger charge is 2.18. The van der Waals surface area contributed by atoms with Crippen molar-refractivity contribution in [2.75, 3.05) is 45.9 Å². The van der Waals surface area contributed by atoms with Gasteiger partial charge in [0.05, 0.1) is 0 Å². The molecule has 1 fully saturated rings. The number of benzene rings is 1. The van der Waals surface area contributed by atoms with Crippen LogP contribution in [0.2, 0.25) is 0 Å². The van der Waals surface area contributed by atoms with Crippen LogP contribution >= 0.6 is 0 Å². The highest BCUT2D eigenvalue weighted by atomic mass is 16.5. The van der Waals surface area contributed by atoms with Crippen LogP contribution in [0.3, 0.4) is 0 Å². The molecule has 1 atom stereocenters. The molecule has 1 aliphatic heterocycles. The second-order valence-corrected chi connectivity index (χ2v) is 5.51. The van der Waals surface area contributed by atoms with E-state index in [4.69, 9.17) is 4.74 Å². The standard InChI is InChI=1S/C16H26N2O2/c1-3-17-8-10-18(11-9-17)12-15(19)13-20-16-6-4-14(2)5-7-16/h4-7,15,19H,3,8-13H2,1-2H3/t15-/m1/s1. The lowest BCUT2D eigenvalue weighted by molar-refractivity contribution is 0.0471. The molecule has 0 amide bonds. The SMILES string of the molecule is CCN1CCN(C[C@@H](O)COc2ccc(C)cc2)CC1. The summed E-state index contributed by atoms with van der Waals surface area (Å²) in [5.41, 5.74) is 1.21. The van der Waals surface area contributed by atoms with Crippen molar-refractivity contribution < 1.29 is 9.84 Å². The Balaban J connectivity index is 1.68. The van der Waals surface area contributed by atoms with Crippen LogP contribution in [0.1, 0.15) is 12.5 Å². The fraction of sp³-hybridized carbons (Fsp3) is 0.625. The Morgan fingerprint density at radius 1 is 1.10 bits per heavy atom. The minimum atomic E-state index is -0.426. The minimum Gasteiger partial charge on any atom is -0.491 e. The molecule has 4 nitrogen and oxygen atoms in total. The maximum atomic E-state index is 10.1. The van der Waals surface area contributed by atoms with E-state index in [9.17, 15) is 5.11 Å². The third kappa shape index (κ3) is 4.78. The molecule has 0 aromatic heterocycles. The number of aryl methyl sites for hydroxylation is 1. The van der Waals surface area contributed by atoms with Crippen molar-refractivity contribution in [3.05, 3.63) is 29.8 Å². The molecule has 1 saturated heterocycles. The van der Waals surface area contributed by atoms with Crippen LogP contribution in [0.4, 0.5) is 0 Å². The van der Waals surface area contributed by atoms with Crippen LogP contribution in [0.5, 0.6) is 5.75 Å². The van der Waals surface area contributed by atoms with E-state index >= 15 is 0 Å². The maximum Gasteiger partial charge on any atom is 0.119 e. The summed E-state index contributed by atoms with van der Waals surface area (Å²) in [6, 6.07) is 7.93. The zero-order valence-corrected chi connectivity index (χ0v) is 12.6. The number of piperazine rings is 1. The van der Waals surface area contributed by atoms with Gasteiger partial charge >= 0.3 is 0 Å². The summed E-state index contributed by atoms with van der Waals surface area (Å²) in [5, 5.41) is 10.1. The minimum absolute atomic E-state index is 0.358. The predicted molar refractivity (Wildman–Crippen MR) is 81.2 cm³/mol. The van der Waals surface area contributed by atoms with Crippen molar-refractivity contribution in [2.24, 2.45) is 0 Å². The highest BCUT2D eigenvalue weighted by Crippen LogP contribution is 2.12. The average molecular weight is 278 g/mol. The monoisotopic (exact) mass is 278 g/mol. The number of hydrogen-bond acceptors (Lipinski definition) is 4. The molecule has 20 heavy (non-hydrogen) atoms. The van der Waals surface area contributed by atoms with Crippen LogP contribution in [0.15, 0.2) is 24.3 Å². The number of hydrogen-bond donors (Lipinski definition) is 1. The third-order valence-electron chi connectivity index (χ3n) is 3.84. The molecule has 0 unspecified atom stereocenters. The molecule has 0 radical (unpaired) electrons. The van der Waals surface area contributed by atoms with Gasteiger partial charge in [-0.25, -0.2) is 0 Å². The molecule has 0 saturated carbocycles. The van der Waals surface area contributed by atoms with Gasteiger partial charge in [0, 0.05) is 32.7 Å². The largest absolute Gasteiger partial charge is 0.491 e.